The van der Waals surface area contributed by atoms with Crippen LogP contribution < -0.4 is 0 Å². The van der Waals surface area contributed by atoms with Gasteiger partial charge in [0.25, 0.3) is 0 Å². The Bertz CT molecular complexity index is 742. The Morgan fingerprint density at radius 2 is 2.04 bits per heavy atom. The van der Waals surface area contributed by atoms with Gasteiger partial charge in [-0.3, -0.25) is 4.79 Å². The lowest BCUT2D eigenvalue weighted by molar-refractivity contribution is -0.276. The van der Waals surface area contributed by atoms with Crippen LogP contribution in [0.1, 0.15) is 44.3 Å². The molecule has 2 aliphatic heterocycles. The van der Waals surface area contributed by atoms with Crippen LogP contribution in [0.2, 0.25) is 0 Å². The monoisotopic (exact) mass is 378 g/mol. The van der Waals surface area contributed by atoms with E-state index in [9.17, 15) is 20.1 Å². The Balaban J connectivity index is 1.61. The van der Waals surface area contributed by atoms with Crippen LogP contribution >= 0.6 is 0 Å². The molecule has 5 rings (SSSR count). The number of hydrogen-bond donors (Lipinski definition) is 3. The largest absolute Gasteiger partial charge is 0.472 e. The molecule has 7 heteroatoms. The number of carbonyl (C=O) groups is 1. The third kappa shape index (κ3) is 1.98. The van der Waals surface area contributed by atoms with Crippen molar-refractivity contribution < 1.29 is 34.0 Å². The van der Waals surface area contributed by atoms with Crippen LogP contribution in [0.3, 0.4) is 0 Å². The summed E-state index contributed by atoms with van der Waals surface area (Å²) in [6.45, 7) is 2.38. The average molecular weight is 378 g/mol. The minimum Gasteiger partial charge on any atom is -0.472 e. The molecule has 2 saturated carbocycles. The highest BCUT2D eigenvalue weighted by Gasteiger charge is 2.80. The summed E-state index contributed by atoms with van der Waals surface area (Å²) in [7, 11) is 0. The molecule has 7 nitrogen and oxygen atoms in total. The molecule has 1 aromatic heterocycles. The van der Waals surface area contributed by atoms with Crippen LogP contribution in [0, 0.1) is 22.7 Å². The molecule has 2 saturated heterocycles. The number of hydrogen-bond acceptors (Lipinski definition) is 7. The van der Waals surface area contributed by atoms with Crippen LogP contribution in [-0.4, -0.2) is 52.3 Å². The molecule has 148 valence electrons. The van der Waals surface area contributed by atoms with E-state index in [0.29, 0.717) is 31.4 Å². The SMILES string of the molecule is CC1CC(O)C23COC(=O)C1(CC(O)c1ccoc1)C2CCC(O)C31CO1. The lowest BCUT2D eigenvalue weighted by Crippen LogP contribution is -2.74. The minimum absolute atomic E-state index is 0.0605. The van der Waals surface area contributed by atoms with Gasteiger partial charge < -0.3 is 29.2 Å². The highest BCUT2D eigenvalue weighted by Crippen LogP contribution is 2.71. The summed E-state index contributed by atoms with van der Waals surface area (Å²) in [5.74, 6) is -0.680. The van der Waals surface area contributed by atoms with Crippen LogP contribution in [0.5, 0.6) is 0 Å². The maximum atomic E-state index is 13.2. The highest BCUT2D eigenvalue weighted by atomic mass is 16.6. The van der Waals surface area contributed by atoms with Gasteiger partial charge in [0.2, 0.25) is 0 Å². The molecule has 3 heterocycles. The van der Waals surface area contributed by atoms with Gasteiger partial charge in [0.1, 0.15) is 12.2 Å². The molecule has 4 aliphatic rings. The van der Waals surface area contributed by atoms with E-state index in [4.69, 9.17) is 13.9 Å². The zero-order valence-electron chi connectivity index (χ0n) is 15.3. The van der Waals surface area contributed by atoms with Gasteiger partial charge in [0, 0.05) is 5.56 Å². The minimum atomic E-state index is -0.923. The molecule has 1 spiro atoms. The second-order valence-electron chi connectivity index (χ2n) is 8.91. The summed E-state index contributed by atoms with van der Waals surface area (Å²) < 4.78 is 16.5. The summed E-state index contributed by atoms with van der Waals surface area (Å²) >= 11 is 0. The lowest BCUT2D eigenvalue weighted by Gasteiger charge is -2.65. The van der Waals surface area contributed by atoms with Gasteiger partial charge in [-0.1, -0.05) is 6.92 Å². The van der Waals surface area contributed by atoms with Gasteiger partial charge in [0.15, 0.2) is 0 Å². The summed E-state index contributed by atoms with van der Waals surface area (Å²) in [5, 5.41) is 32.6. The maximum Gasteiger partial charge on any atom is 0.312 e. The summed E-state index contributed by atoms with van der Waals surface area (Å²) in [5.41, 5.74) is -1.96. The topological polar surface area (TPSA) is 113 Å². The van der Waals surface area contributed by atoms with Crippen molar-refractivity contribution in [1.82, 2.24) is 0 Å². The highest BCUT2D eigenvalue weighted by molar-refractivity contribution is 5.79. The zero-order valence-corrected chi connectivity index (χ0v) is 15.3. The van der Waals surface area contributed by atoms with E-state index in [2.05, 4.69) is 0 Å². The van der Waals surface area contributed by atoms with Crippen molar-refractivity contribution >= 4 is 5.97 Å². The second kappa shape index (κ2) is 5.56. The van der Waals surface area contributed by atoms with Gasteiger partial charge in [-0.2, -0.15) is 0 Å². The molecule has 0 aromatic carbocycles. The third-order valence-corrected chi connectivity index (χ3v) is 8.09. The molecule has 8 unspecified atom stereocenters. The first-order valence-electron chi connectivity index (χ1n) is 9.76. The molecule has 0 radical (unpaired) electrons. The predicted octanol–water partition coefficient (Wildman–Crippen LogP) is 1.17. The first-order valence-corrected chi connectivity index (χ1v) is 9.76. The fourth-order valence-electron chi connectivity index (χ4n) is 6.60. The molecule has 0 amide bonds. The van der Waals surface area contributed by atoms with Crippen LogP contribution in [0.25, 0.3) is 0 Å². The predicted molar refractivity (Wildman–Crippen MR) is 91.3 cm³/mol. The van der Waals surface area contributed by atoms with E-state index in [1.165, 1.54) is 12.5 Å². The van der Waals surface area contributed by atoms with Crippen molar-refractivity contribution in [3.8, 4) is 0 Å². The zero-order chi connectivity index (χ0) is 19.0. The number of aliphatic hydroxyl groups excluding tert-OH is 3. The quantitative estimate of drug-likeness (QED) is 0.535. The number of esters is 1. The van der Waals surface area contributed by atoms with E-state index in [0.717, 1.165) is 0 Å². The van der Waals surface area contributed by atoms with E-state index in [-0.39, 0.29) is 30.8 Å². The van der Waals surface area contributed by atoms with E-state index >= 15 is 0 Å². The molecule has 27 heavy (non-hydrogen) atoms. The van der Waals surface area contributed by atoms with Crippen LogP contribution in [0.15, 0.2) is 23.0 Å². The van der Waals surface area contributed by atoms with Crippen molar-refractivity contribution in [1.29, 1.82) is 0 Å². The fourth-order valence-corrected chi connectivity index (χ4v) is 6.60. The number of epoxide rings is 1. The van der Waals surface area contributed by atoms with Gasteiger partial charge in [-0.25, -0.2) is 0 Å². The van der Waals surface area contributed by atoms with Gasteiger partial charge >= 0.3 is 5.97 Å². The van der Waals surface area contributed by atoms with Crippen molar-refractivity contribution in [2.45, 2.75) is 56.5 Å². The normalized spacial score (nSPS) is 49.4. The fraction of sp³-hybridized carbons (Fsp3) is 0.750. The average Bonchev–Trinajstić information content (AvgIpc) is 3.24. The first-order chi connectivity index (χ1) is 12.9. The summed E-state index contributed by atoms with van der Waals surface area (Å²) in [6.07, 6.45) is 2.46. The van der Waals surface area contributed by atoms with Crippen molar-refractivity contribution in [3.05, 3.63) is 24.2 Å². The Hall–Kier alpha value is -1.41. The number of cyclic esters (lactones) is 1. The van der Waals surface area contributed by atoms with E-state index in [1.807, 2.05) is 6.92 Å². The number of rotatable bonds is 3. The van der Waals surface area contributed by atoms with Crippen molar-refractivity contribution in [3.63, 3.8) is 0 Å². The standard InChI is InChI=1S/C20H26O7/c1-11-6-16(23)19-9-26-17(24)18(11,7-13(21)12-4-5-25-8-12)14(19)2-3-15(22)20(19)10-27-20/h4-5,8,11,13-16,21-23H,2-3,6-7,9-10H2,1H3. The molecule has 1 aromatic rings. The molecule has 3 N–H and O–H groups in total. The Morgan fingerprint density at radius 1 is 1.26 bits per heavy atom. The Labute approximate surface area is 157 Å². The molecule has 4 fully saturated rings. The number of aliphatic hydroxyl groups is 3. The van der Waals surface area contributed by atoms with E-state index in [1.54, 1.807) is 6.07 Å². The van der Waals surface area contributed by atoms with Gasteiger partial charge in [0.05, 0.1) is 48.3 Å². The second-order valence-corrected chi connectivity index (χ2v) is 8.91. The summed E-state index contributed by atoms with van der Waals surface area (Å²) in [4.78, 5) is 13.2. The number of furan rings is 1. The molecule has 8 atom stereocenters. The Kier molecular flexibility index (Phi) is 3.64. The van der Waals surface area contributed by atoms with Gasteiger partial charge in [-0.05, 0) is 43.6 Å². The Morgan fingerprint density at radius 3 is 2.70 bits per heavy atom. The first kappa shape index (κ1) is 17.7. The van der Waals surface area contributed by atoms with E-state index < -0.39 is 34.7 Å². The van der Waals surface area contributed by atoms with Crippen LogP contribution in [-0.2, 0) is 14.3 Å². The molecular weight excluding hydrogens is 352 g/mol. The van der Waals surface area contributed by atoms with Gasteiger partial charge in [-0.15, -0.1) is 0 Å². The third-order valence-electron chi connectivity index (χ3n) is 8.09. The number of carbonyl (C=O) groups excluding carboxylic acids is 1. The summed E-state index contributed by atoms with van der Waals surface area (Å²) in [6, 6.07) is 1.70. The van der Waals surface area contributed by atoms with Crippen molar-refractivity contribution in [2.24, 2.45) is 22.7 Å². The maximum absolute atomic E-state index is 13.2. The smallest absolute Gasteiger partial charge is 0.312 e. The lowest BCUT2D eigenvalue weighted by atomic mass is 9.41. The van der Waals surface area contributed by atoms with Crippen molar-refractivity contribution in [2.75, 3.05) is 13.2 Å². The molecule has 2 aliphatic carbocycles. The molecule has 2 bridgehead atoms. The number of ether oxygens (including phenoxy) is 2. The molecular formula is C20H26O7. The van der Waals surface area contributed by atoms with Crippen LogP contribution in [0.4, 0.5) is 0 Å².